The number of hydrogen-bond donors (Lipinski definition) is 0. The van der Waals surface area contributed by atoms with Gasteiger partial charge in [0.15, 0.2) is 12.4 Å². The molecule has 3 aromatic rings. The van der Waals surface area contributed by atoms with Gasteiger partial charge in [-0.2, -0.15) is 9.67 Å². The molecule has 7 nitrogen and oxygen atoms in total. The SMILES string of the molecule is CCCN1C(=O)C(c2c(C(C)C)nn(-c3ccc(Cl)cc3)c2[O-])=C([n+]2ccc(C)cc2)C1=O. The number of imide groups is 1. The summed E-state index contributed by atoms with van der Waals surface area (Å²) in [6.45, 7) is 7.92. The summed E-state index contributed by atoms with van der Waals surface area (Å²) in [5.74, 6) is -1.49. The number of halogens is 1. The molecule has 3 heterocycles. The van der Waals surface area contributed by atoms with Gasteiger partial charge in [0.2, 0.25) is 0 Å². The third-order valence-corrected chi connectivity index (χ3v) is 5.84. The summed E-state index contributed by atoms with van der Waals surface area (Å²) in [7, 11) is 0. The number of hydrogen-bond acceptors (Lipinski definition) is 4. The Bertz CT molecular complexity index is 1260. The molecule has 0 radical (unpaired) electrons. The first-order valence-electron chi connectivity index (χ1n) is 10.9. The van der Waals surface area contributed by atoms with E-state index in [1.165, 1.54) is 9.58 Å². The van der Waals surface area contributed by atoms with Crippen molar-refractivity contribution < 1.29 is 19.3 Å². The van der Waals surface area contributed by atoms with Crippen molar-refractivity contribution in [3.63, 3.8) is 0 Å². The number of pyridine rings is 1. The Labute approximate surface area is 197 Å². The van der Waals surface area contributed by atoms with Gasteiger partial charge >= 0.3 is 5.91 Å². The van der Waals surface area contributed by atoms with Gasteiger partial charge in [0, 0.05) is 29.3 Å². The second-order valence-electron chi connectivity index (χ2n) is 8.38. The molecule has 0 saturated carbocycles. The third-order valence-electron chi connectivity index (χ3n) is 5.58. The summed E-state index contributed by atoms with van der Waals surface area (Å²) in [6.07, 6.45) is 4.07. The predicted octanol–water partition coefficient (Wildman–Crippen LogP) is 3.47. The molecule has 1 aromatic carbocycles. The van der Waals surface area contributed by atoms with Gasteiger partial charge < -0.3 is 5.11 Å². The first-order chi connectivity index (χ1) is 15.7. The van der Waals surface area contributed by atoms with Gasteiger partial charge in [0.05, 0.1) is 11.4 Å². The number of carbonyl (C=O) groups is 2. The van der Waals surface area contributed by atoms with E-state index in [2.05, 4.69) is 5.10 Å². The Balaban J connectivity index is 2.00. The highest BCUT2D eigenvalue weighted by Gasteiger charge is 2.46. The fraction of sp³-hybridized carbons (Fsp3) is 0.280. The van der Waals surface area contributed by atoms with Gasteiger partial charge in [-0.1, -0.05) is 32.4 Å². The maximum Gasteiger partial charge on any atom is 0.326 e. The highest BCUT2D eigenvalue weighted by Crippen LogP contribution is 2.39. The molecule has 0 bridgehead atoms. The van der Waals surface area contributed by atoms with E-state index < -0.39 is 17.7 Å². The van der Waals surface area contributed by atoms with Crippen LogP contribution in [-0.4, -0.2) is 33.0 Å². The lowest BCUT2D eigenvalue weighted by Crippen LogP contribution is -2.39. The molecule has 0 aliphatic carbocycles. The molecule has 170 valence electrons. The minimum Gasteiger partial charge on any atom is -0.858 e. The van der Waals surface area contributed by atoms with Crippen molar-refractivity contribution in [3.05, 3.63) is 70.6 Å². The average molecular weight is 465 g/mol. The summed E-state index contributed by atoms with van der Waals surface area (Å²) in [5, 5.41) is 18.8. The first-order valence-corrected chi connectivity index (χ1v) is 11.3. The van der Waals surface area contributed by atoms with Crippen molar-refractivity contribution in [1.82, 2.24) is 14.7 Å². The first kappa shape index (κ1) is 22.7. The minimum absolute atomic E-state index is 0.0937. The van der Waals surface area contributed by atoms with E-state index in [1.807, 2.05) is 39.8 Å². The second kappa shape index (κ2) is 8.83. The zero-order valence-corrected chi connectivity index (χ0v) is 19.8. The summed E-state index contributed by atoms with van der Waals surface area (Å²) in [6, 6.07) is 10.4. The number of benzene rings is 1. The fourth-order valence-electron chi connectivity index (χ4n) is 3.92. The van der Waals surface area contributed by atoms with E-state index in [1.54, 1.807) is 41.2 Å². The van der Waals surface area contributed by atoms with Crippen LogP contribution < -0.4 is 9.67 Å². The molecule has 1 aliphatic heterocycles. The summed E-state index contributed by atoms with van der Waals surface area (Å²) in [5.41, 5.74) is 2.44. The van der Waals surface area contributed by atoms with Crippen LogP contribution in [0.5, 0.6) is 5.88 Å². The average Bonchev–Trinajstić information content (AvgIpc) is 3.24. The van der Waals surface area contributed by atoms with Crippen molar-refractivity contribution in [2.45, 2.75) is 40.0 Å². The standard InChI is InChI=1S/C25H25ClN4O3/c1-5-12-29-23(31)20(22(25(29)33)28-13-10-16(4)11-14-28)19-21(15(2)3)27-30(24(19)32)18-8-6-17(26)7-9-18/h6-11,13-15H,5,12H2,1-4H3. The molecular formula is C25H25ClN4O3. The lowest BCUT2D eigenvalue weighted by molar-refractivity contribution is -0.577. The number of aromatic nitrogens is 3. The molecule has 0 unspecified atom stereocenters. The van der Waals surface area contributed by atoms with Crippen LogP contribution >= 0.6 is 11.6 Å². The lowest BCUT2D eigenvalue weighted by atomic mass is 9.98. The van der Waals surface area contributed by atoms with Gasteiger partial charge in [0.25, 0.3) is 11.6 Å². The van der Waals surface area contributed by atoms with E-state index >= 15 is 0 Å². The molecule has 0 atom stereocenters. The van der Waals surface area contributed by atoms with E-state index in [4.69, 9.17) is 11.6 Å². The number of aryl methyl sites for hydroxylation is 1. The van der Waals surface area contributed by atoms with E-state index in [0.29, 0.717) is 22.8 Å². The number of nitrogens with zero attached hydrogens (tertiary/aromatic N) is 4. The number of carbonyl (C=O) groups excluding carboxylic acids is 2. The fourth-order valence-corrected chi connectivity index (χ4v) is 4.05. The van der Waals surface area contributed by atoms with E-state index in [0.717, 1.165) is 5.56 Å². The van der Waals surface area contributed by atoms with Gasteiger partial charge in [-0.3, -0.25) is 14.5 Å². The third kappa shape index (κ3) is 3.93. The Kier molecular flexibility index (Phi) is 6.08. The Morgan fingerprint density at radius 3 is 2.27 bits per heavy atom. The molecule has 0 spiro atoms. The minimum atomic E-state index is -0.473. The Morgan fingerprint density at radius 2 is 1.70 bits per heavy atom. The van der Waals surface area contributed by atoms with Gasteiger partial charge in [-0.05, 0) is 55.0 Å². The zero-order valence-electron chi connectivity index (χ0n) is 19.0. The quantitative estimate of drug-likeness (QED) is 0.413. The highest BCUT2D eigenvalue weighted by atomic mass is 35.5. The van der Waals surface area contributed by atoms with Crippen LogP contribution in [0.1, 0.15) is 49.9 Å². The Hall–Kier alpha value is -3.45. The van der Waals surface area contributed by atoms with Crippen molar-refractivity contribution >= 4 is 34.7 Å². The summed E-state index contributed by atoms with van der Waals surface area (Å²) < 4.78 is 2.88. The molecule has 1 aliphatic rings. The molecule has 0 saturated heterocycles. The predicted molar refractivity (Wildman–Crippen MR) is 124 cm³/mol. The zero-order chi connectivity index (χ0) is 23.9. The van der Waals surface area contributed by atoms with Crippen LogP contribution in [0.15, 0.2) is 48.8 Å². The molecule has 33 heavy (non-hydrogen) atoms. The molecule has 8 heteroatoms. The monoisotopic (exact) mass is 464 g/mol. The molecular weight excluding hydrogens is 440 g/mol. The molecule has 4 rings (SSSR count). The molecule has 2 amide bonds. The van der Waals surface area contributed by atoms with Crippen molar-refractivity contribution in [2.75, 3.05) is 6.54 Å². The number of amides is 2. The second-order valence-corrected chi connectivity index (χ2v) is 8.81. The van der Waals surface area contributed by atoms with Crippen LogP contribution in [-0.2, 0) is 9.59 Å². The van der Waals surface area contributed by atoms with Crippen molar-refractivity contribution in [2.24, 2.45) is 0 Å². The molecule has 0 fully saturated rings. The van der Waals surface area contributed by atoms with Crippen LogP contribution in [0, 0.1) is 6.92 Å². The maximum atomic E-state index is 13.7. The van der Waals surface area contributed by atoms with E-state index in [-0.39, 0.29) is 29.3 Å². The van der Waals surface area contributed by atoms with Gasteiger partial charge in [-0.15, -0.1) is 0 Å². The largest absolute Gasteiger partial charge is 0.858 e. The van der Waals surface area contributed by atoms with E-state index in [9.17, 15) is 14.7 Å². The van der Waals surface area contributed by atoms with Crippen LogP contribution in [0.3, 0.4) is 0 Å². The summed E-state index contributed by atoms with van der Waals surface area (Å²) >= 11 is 6.00. The maximum absolute atomic E-state index is 13.7. The van der Waals surface area contributed by atoms with Crippen molar-refractivity contribution in [1.29, 1.82) is 0 Å². The van der Waals surface area contributed by atoms with Crippen LogP contribution in [0.4, 0.5) is 0 Å². The Morgan fingerprint density at radius 1 is 1.06 bits per heavy atom. The van der Waals surface area contributed by atoms with Gasteiger partial charge in [-0.25, -0.2) is 4.68 Å². The normalized spacial score (nSPS) is 14.2. The van der Waals surface area contributed by atoms with Crippen molar-refractivity contribution in [3.8, 4) is 11.6 Å². The topological polar surface area (TPSA) is 82.1 Å². The molecule has 2 aromatic heterocycles. The van der Waals surface area contributed by atoms with Crippen LogP contribution in [0.2, 0.25) is 5.02 Å². The highest BCUT2D eigenvalue weighted by molar-refractivity contribution is 6.45. The number of rotatable bonds is 6. The lowest BCUT2D eigenvalue weighted by Gasteiger charge is -2.15. The molecule has 0 N–H and O–H groups in total. The smallest absolute Gasteiger partial charge is 0.326 e. The summed E-state index contributed by atoms with van der Waals surface area (Å²) in [4.78, 5) is 28.1. The van der Waals surface area contributed by atoms with Gasteiger partial charge in [0.1, 0.15) is 5.57 Å². The van der Waals surface area contributed by atoms with Crippen LogP contribution in [0.25, 0.3) is 17.0 Å².